The van der Waals surface area contributed by atoms with Gasteiger partial charge in [0, 0.05) is 5.82 Å². The van der Waals surface area contributed by atoms with Gasteiger partial charge in [-0.15, -0.1) is 0 Å². The summed E-state index contributed by atoms with van der Waals surface area (Å²) in [5, 5.41) is 26.9. The van der Waals surface area contributed by atoms with E-state index >= 15 is 0 Å². The Morgan fingerprint density at radius 1 is 1.43 bits per heavy atom. The summed E-state index contributed by atoms with van der Waals surface area (Å²) in [5.41, 5.74) is 0. The molecular formula is C10H14N3O7P. The van der Waals surface area contributed by atoms with Crippen LogP contribution in [0.3, 0.4) is 0 Å². The fourth-order valence-corrected chi connectivity index (χ4v) is 2.27. The van der Waals surface area contributed by atoms with Gasteiger partial charge >= 0.3 is 7.60 Å². The van der Waals surface area contributed by atoms with Crippen LogP contribution in [0, 0.1) is 0 Å². The SMILES string of the molecule is C=C1NC(=O)C=NN1[C@@H]1O[C@H](/C=C/P(=O)(O)O)[C@@H](O)[C@H]1O. The van der Waals surface area contributed by atoms with Crippen molar-refractivity contribution in [3.63, 3.8) is 0 Å². The number of carbonyl (C=O) groups is 1. The van der Waals surface area contributed by atoms with Gasteiger partial charge in [-0.3, -0.25) is 9.36 Å². The maximum absolute atomic E-state index is 11.1. The van der Waals surface area contributed by atoms with Crippen LogP contribution in [-0.2, 0) is 14.1 Å². The summed E-state index contributed by atoms with van der Waals surface area (Å²) in [6.07, 6.45) is -3.23. The summed E-state index contributed by atoms with van der Waals surface area (Å²) in [7, 11) is -4.41. The Morgan fingerprint density at radius 2 is 2.10 bits per heavy atom. The highest BCUT2D eigenvalue weighted by atomic mass is 31.2. The van der Waals surface area contributed by atoms with Crippen LogP contribution >= 0.6 is 7.60 Å². The molecule has 1 amide bonds. The van der Waals surface area contributed by atoms with E-state index in [1.54, 1.807) is 0 Å². The van der Waals surface area contributed by atoms with E-state index in [2.05, 4.69) is 17.0 Å². The second-order valence-corrected chi connectivity index (χ2v) is 5.90. The molecule has 0 radical (unpaired) electrons. The van der Waals surface area contributed by atoms with Gasteiger partial charge in [-0.05, 0) is 6.08 Å². The minimum atomic E-state index is -4.41. The molecule has 0 aliphatic carbocycles. The Balaban J connectivity index is 2.15. The van der Waals surface area contributed by atoms with Crippen molar-refractivity contribution in [2.75, 3.05) is 0 Å². The van der Waals surface area contributed by atoms with Crippen molar-refractivity contribution in [1.29, 1.82) is 0 Å². The van der Waals surface area contributed by atoms with Crippen molar-refractivity contribution >= 4 is 19.7 Å². The molecule has 0 aromatic carbocycles. The van der Waals surface area contributed by atoms with Crippen molar-refractivity contribution < 1.29 is 34.1 Å². The molecule has 2 aliphatic heterocycles. The van der Waals surface area contributed by atoms with E-state index in [1.165, 1.54) is 0 Å². The van der Waals surface area contributed by atoms with Gasteiger partial charge in [0.1, 0.15) is 30.3 Å². The Labute approximate surface area is 119 Å². The van der Waals surface area contributed by atoms with Gasteiger partial charge < -0.3 is 30.1 Å². The standard InChI is InChI=1S/C10H14N3O7P/c1-5-12-7(14)4-11-13(5)10-9(16)8(15)6(20-10)2-3-21(17,18)19/h2-4,6,8-10,15-16H,1H2,(H,12,14)(H2,17,18,19)/b3-2+/t6-,8-,9-,10-/m1/s1. The number of rotatable bonds is 3. The number of ether oxygens (including phenoxy) is 1. The van der Waals surface area contributed by atoms with Crippen LogP contribution < -0.4 is 5.32 Å². The average Bonchev–Trinajstić information content (AvgIpc) is 2.64. The Bertz CT molecular complexity index is 557. The molecule has 2 aliphatic rings. The lowest BCUT2D eigenvalue weighted by molar-refractivity contribution is -0.117. The summed E-state index contributed by atoms with van der Waals surface area (Å²) in [4.78, 5) is 28.5. The molecular weight excluding hydrogens is 305 g/mol. The number of carbonyl (C=O) groups excluding carboxylic acids is 1. The fourth-order valence-electron chi connectivity index (χ4n) is 1.88. The Morgan fingerprint density at radius 3 is 2.67 bits per heavy atom. The first-order chi connectivity index (χ1) is 9.69. The second-order valence-electron chi connectivity index (χ2n) is 4.43. The summed E-state index contributed by atoms with van der Waals surface area (Å²) < 4.78 is 16.1. The smallest absolute Gasteiger partial charge is 0.348 e. The van der Waals surface area contributed by atoms with Gasteiger partial charge in [0.15, 0.2) is 6.23 Å². The van der Waals surface area contributed by atoms with Crippen LogP contribution in [0.25, 0.3) is 0 Å². The summed E-state index contributed by atoms with van der Waals surface area (Å²) in [6.45, 7) is 3.53. The lowest BCUT2D eigenvalue weighted by Crippen LogP contribution is -2.47. The zero-order valence-corrected chi connectivity index (χ0v) is 11.5. The molecule has 0 aromatic heterocycles. The van der Waals surface area contributed by atoms with E-state index < -0.39 is 38.0 Å². The molecule has 1 saturated heterocycles. The van der Waals surface area contributed by atoms with Crippen molar-refractivity contribution in [2.24, 2.45) is 5.10 Å². The maximum atomic E-state index is 11.1. The number of nitrogens with zero attached hydrogens (tertiary/aromatic N) is 2. The third-order valence-electron chi connectivity index (χ3n) is 2.83. The molecule has 5 N–H and O–H groups in total. The molecule has 0 aromatic rings. The normalized spacial score (nSPS) is 33.8. The molecule has 2 heterocycles. The molecule has 2 rings (SSSR count). The monoisotopic (exact) mass is 319 g/mol. The number of amides is 1. The third-order valence-corrected chi connectivity index (χ3v) is 3.39. The Kier molecular flexibility index (Phi) is 4.28. The third kappa shape index (κ3) is 3.56. The largest absolute Gasteiger partial charge is 0.387 e. The molecule has 4 atom stereocenters. The van der Waals surface area contributed by atoms with E-state index in [9.17, 15) is 19.6 Å². The molecule has 10 nitrogen and oxygen atoms in total. The van der Waals surface area contributed by atoms with Crippen LogP contribution in [-0.4, -0.2) is 61.7 Å². The second kappa shape index (κ2) is 5.68. The predicted molar refractivity (Wildman–Crippen MR) is 69.5 cm³/mol. The Hall–Kier alpha value is -1.55. The zero-order valence-electron chi connectivity index (χ0n) is 10.6. The van der Waals surface area contributed by atoms with Crippen LogP contribution in [0.15, 0.2) is 29.4 Å². The van der Waals surface area contributed by atoms with Gasteiger partial charge in [0.2, 0.25) is 0 Å². The molecule has 0 bridgehead atoms. The molecule has 0 spiro atoms. The molecule has 0 saturated carbocycles. The van der Waals surface area contributed by atoms with Crippen molar-refractivity contribution in [1.82, 2.24) is 10.3 Å². The lowest BCUT2D eigenvalue weighted by Gasteiger charge is -2.30. The van der Waals surface area contributed by atoms with Crippen LogP contribution in [0.4, 0.5) is 0 Å². The number of hydrogen-bond acceptors (Lipinski definition) is 7. The van der Waals surface area contributed by atoms with E-state index in [-0.39, 0.29) is 5.82 Å². The van der Waals surface area contributed by atoms with Gasteiger partial charge in [0.25, 0.3) is 5.91 Å². The van der Waals surface area contributed by atoms with Crippen molar-refractivity contribution in [3.05, 3.63) is 24.3 Å². The number of hydrogen-bond donors (Lipinski definition) is 5. The zero-order chi connectivity index (χ0) is 15.8. The number of aliphatic hydroxyl groups excluding tert-OH is 2. The number of nitrogens with one attached hydrogen (secondary N) is 1. The highest BCUT2D eigenvalue weighted by molar-refractivity contribution is 7.55. The topological polar surface area (TPSA) is 152 Å². The van der Waals surface area contributed by atoms with Gasteiger partial charge in [-0.25, -0.2) is 5.01 Å². The first kappa shape index (κ1) is 15.8. The van der Waals surface area contributed by atoms with E-state index in [0.717, 1.165) is 17.3 Å². The predicted octanol–water partition coefficient (Wildman–Crippen LogP) is -1.99. The maximum Gasteiger partial charge on any atom is 0.348 e. The van der Waals surface area contributed by atoms with E-state index in [1.807, 2.05) is 0 Å². The highest BCUT2D eigenvalue weighted by Gasteiger charge is 2.46. The minimum absolute atomic E-state index is 0.0402. The molecule has 21 heavy (non-hydrogen) atoms. The average molecular weight is 319 g/mol. The van der Waals surface area contributed by atoms with Crippen LogP contribution in [0.2, 0.25) is 0 Å². The van der Waals surface area contributed by atoms with Gasteiger partial charge in [0.05, 0.1) is 0 Å². The van der Waals surface area contributed by atoms with Crippen molar-refractivity contribution in [2.45, 2.75) is 24.5 Å². The van der Waals surface area contributed by atoms with Gasteiger partial charge in [-0.2, -0.15) is 5.10 Å². The van der Waals surface area contributed by atoms with Crippen LogP contribution in [0.5, 0.6) is 0 Å². The van der Waals surface area contributed by atoms with Gasteiger partial charge in [-0.1, -0.05) is 6.58 Å². The van der Waals surface area contributed by atoms with Crippen LogP contribution in [0.1, 0.15) is 0 Å². The molecule has 116 valence electrons. The molecule has 11 heteroatoms. The minimum Gasteiger partial charge on any atom is -0.387 e. The summed E-state index contributed by atoms with van der Waals surface area (Å²) in [6, 6.07) is 0. The number of aliphatic hydroxyl groups is 2. The first-order valence-corrected chi connectivity index (χ1v) is 7.46. The van der Waals surface area contributed by atoms with E-state index in [4.69, 9.17) is 14.5 Å². The highest BCUT2D eigenvalue weighted by Crippen LogP contribution is 2.37. The lowest BCUT2D eigenvalue weighted by atomic mass is 10.1. The molecule has 1 fully saturated rings. The summed E-state index contributed by atoms with van der Waals surface area (Å²) in [5.74, 6) is 0.118. The quantitative estimate of drug-likeness (QED) is 0.375. The molecule has 0 unspecified atom stereocenters. The van der Waals surface area contributed by atoms with E-state index in [0.29, 0.717) is 5.82 Å². The van der Waals surface area contributed by atoms with Crippen molar-refractivity contribution in [3.8, 4) is 0 Å². The summed E-state index contributed by atoms with van der Waals surface area (Å²) >= 11 is 0. The fraction of sp³-hybridized carbons (Fsp3) is 0.400. The number of hydrazone groups is 1. The first-order valence-electron chi connectivity index (χ1n) is 5.78.